The van der Waals surface area contributed by atoms with Crippen molar-refractivity contribution >= 4 is 40.7 Å². The van der Waals surface area contributed by atoms with E-state index in [0.29, 0.717) is 52.1 Å². The summed E-state index contributed by atoms with van der Waals surface area (Å²) in [4.78, 5) is 34.1. The highest BCUT2D eigenvalue weighted by Gasteiger charge is 2.52. The van der Waals surface area contributed by atoms with Crippen LogP contribution in [0.3, 0.4) is 0 Å². The van der Waals surface area contributed by atoms with Crippen LogP contribution in [0.1, 0.15) is 78.2 Å². The maximum Gasteiger partial charge on any atom is 0.275 e. The molecule has 2 aliphatic carbocycles. The Bertz CT molecular complexity index is 1280. The quantitative estimate of drug-likeness (QED) is 0.253. The molecule has 1 unspecified atom stereocenters. The van der Waals surface area contributed by atoms with Crippen LogP contribution in [0.2, 0.25) is 10.0 Å². The highest BCUT2D eigenvalue weighted by atomic mass is 35.5. The third-order valence-corrected chi connectivity index (χ3v) is 9.12. The Morgan fingerprint density at radius 2 is 1.76 bits per heavy atom. The Kier molecular flexibility index (Phi) is 9.49. The number of carbonyl (C=O) groups is 2. The molecule has 3 N–H and O–H groups in total. The van der Waals surface area contributed by atoms with E-state index in [0.717, 1.165) is 31.3 Å². The summed E-state index contributed by atoms with van der Waals surface area (Å²) in [5, 5.41) is 10.0. The zero-order valence-electron chi connectivity index (χ0n) is 24.1. The second-order valence-corrected chi connectivity index (χ2v) is 13.1. The molecule has 0 saturated heterocycles. The van der Waals surface area contributed by atoms with Crippen molar-refractivity contribution in [3.63, 3.8) is 0 Å². The molecule has 1 aromatic rings. The standard InChI is InChI=1S/C30H39Cl2N7O2/c1-5-24(18-6-8-19(9-7-18)27(40)35-17-25(37-33)38-34)39-28(41)26(20-14-22(31)16-23(32)15-20)36-30(39)12-10-21(11-13-30)29(2,3)4/h6,8,14-16,21,24-25,33-34H,5,7,9-13,17H2,1-4H3,(H,35,40). The van der Waals surface area contributed by atoms with E-state index in [9.17, 15) is 9.59 Å². The Morgan fingerprint density at radius 1 is 1.12 bits per heavy atom. The van der Waals surface area contributed by atoms with Crippen molar-refractivity contribution < 1.29 is 9.59 Å². The summed E-state index contributed by atoms with van der Waals surface area (Å²) in [6.07, 6.45) is 8.27. The van der Waals surface area contributed by atoms with E-state index in [2.05, 4.69) is 43.2 Å². The fourth-order valence-electron chi connectivity index (χ4n) is 6.37. The van der Waals surface area contributed by atoms with E-state index in [1.807, 2.05) is 17.1 Å². The van der Waals surface area contributed by atoms with Gasteiger partial charge in [0.05, 0.1) is 12.6 Å². The van der Waals surface area contributed by atoms with Gasteiger partial charge < -0.3 is 10.2 Å². The lowest BCUT2D eigenvalue weighted by atomic mass is 9.69. The molecule has 1 saturated carbocycles. The van der Waals surface area contributed by atoms with Crippen LogP contribution in [0.25, 0.3) is 0 Å². The summed E-state index contributed by atoms with van der Waals surface area (Å²) in [6.45, 7) is 8.93. The number of aliphatic imine (C=N–C) groups is 1. The van der Waals surface area contributed by atoms with Gasteiger partial charge in [0.2, 0.25) is 5.91 Å². The average Bonchev–Trinajstić information content (AvgIpc) is 3.20. The average molecular weight is 601 g/mol. The van der Waals surface area contributed by atoms with Crippen LogP contribution in [-0.2, 0) is 9.59 Å². The molecule has 1 atom stereocenters. The van der Waals surface area contributed by atoms with Crippen LogP contribution >= 0.6 is 23.2 Å². The van der Waals surface area contributed by atoms with Crippen LogP contribution in [0.15, 0.2) is 56.7 Å². The van der Waals surface area contributed by atoms with E-state index < -0.39 is 11.8 Å². The van der Waals surface area contributed by atoms with Crippen LogP contribution < -0.4 is 5.32 Å². The molecule has 0 radical (unpaired) electrons. The van der Waals surface area contributed by atoms with Crippen molar-refractivity contribution in [2.75, 3.05) is 6.54 Å². The monoisotopic (exact) mass is 599 g/mol. The molecule has 1 spiro atoms. The minimum atomic E-state index is -0.909. The maximum absolute atomic E-state index is 14.3. The molecule has 1 aromatic carbocycles. The smallest absolute Gasteiger partial charge is 0.275 e. The Hall–Kier alpha value is -2.91. The summed E-state index contributed by atoms with van der Waals surface area (Å²) in [7, 11) is 0. The van der Waals surface area contributed by atoms with Crippen molar-refractivity contribution in [2.24, 2.45) is 26.6 Å². The molecule has 2 amide bonds. The first-order valence-electron chi connectivity index (χ1n) is 14.2. The maximum atomic E-state index is 14.3. The van der Waals surface area contributed by atoms with E-state index in [4.69, 9.17) is 39.3 Å². The van der Waals surface area contributed by atoms with Gasteiger partial charge in [-0.2, -0.15) is 10.2 Å². The van der Waals surface area contributed by atoms with Gasteiger partial charge in [0.15, 0.2) is 6.17 Å². The highest BCUT2D eigenvalue weighted by Crippen LogP contribution is 2.48. The van der Waals surface area contributed by atoms with Crippen molar-refractivity contribution in [1.29, 1.82) is 11.1 Å². The zero-order valence-corrected chi connectivity index (χ0v) is 25.6. The lowest BCUT2D eigenvalue weighted by Gasteiger charge is -2.48. The van der Waals surface area contributed by atoms with Crippen molar-refractivity contribution in [3.05, 3.63) is 57.1 Å². The molecule has 41 heavy (non-hydrogen) atoms. The van der Waals surface area contributed by atoms with Gasteiger partial charge in [-0.05, 0) is 80.1 Å². The number of amides is 2. The van der Waals surface area contributed by atoms with Crippen LogP contribution in [0.5, 0.6) is 0 Å². The van der Waals surface area contributed by atoms with Crippen LogP contribution in [0.4, 0.5) is 0 Å². The summed E-state index contributed by atoms with van der Waals surface area (Å²) < 4.78 is 0. The topological polar surface area (TPSA) is 134 Å². The second-order valence-electron chi connectivity index (χ2n) is 12.2. The van der Waals surface area contributed by atoms with Gasteiger partial charge in [0, 0.05) is 21.2 Å². The Balaban J connectivity index is 1.65. The lowest BCUT2D eigenvalue weighted by molar-refractivity contribution is -0.132. The van der Waals surface area contributed by atoms with E-state index in [-0.39, 0.29) is 29.8 Å². The van der Waals surface area contributed by atoms with Crippen LogP contribution in [-0.4, -0.2) is 46.8 Å². The first-order chi connectivity index (χ1) is 19.4. The number of nitrogens with one attached hydrogen (secondary N) is 3. The van der Waals surface area contributed by atoms with Crippen LogP contribution in [0, 0.1) is 22.4 Å². The van der Waals surface area contributed by atoms with Gasteiger partial charge in [0.1, 0.15) is 11.4 Å². The van der Waals surface area contributed by atoms with Gasteiger partial charge in [-0.15, -0.1) is 0 Å². The molecule has 3 aliphatic rings. The number of hydrogen-bond acceptors (Lipinski definition) is 7. The molecule has 11 heteroatoms. The summed E-state index contributed by atoms with van der Waals surface area (Å²) in [5.41, 5.74) is 16.4. The number of carbonyl (C=O) groups excluding carboxylic acids is 2. The number of allylic oxidation sites excluding steroid dienone is 2. The Morgan fingerprint density at radius 3 is 2.27 bits per heavy atom. The minimum Gasteiger partial charge on any atom is -0.348 e. The molecule has 1 fully saturated rings. The van der Waals surface area contributed by atoms with Gasteiger partial charge in [0.25, 0.3) is 5.91 Å². The van der Waals surface area contributed by atoms with Gasteiger partial charge in [-0.1, -0.05) is 63.0 Å². The molecule has 1 heterocycles. The highest BCUT2D eigenvalue weighted by molar-refractivity contribution is 6.48. The van der Waals surface area contributed by atoms with Gasteiger partial charge in [-0.3, -0.25) is 14.6 Å². The first-order valence-corrected chi connectivity index (χ1v) is 15.0. The normalized spacial score (nSPS) is 24.3. The SMILES string of the molecule is CCC(C1=CC=C(C(=O)NCC(N=N)N=N)CC1)N1C(=O)C(c2cc(Cl)cc(Cl)c2)=NC12CCC(C(C)(C)C)CC2. The van der Waals surface area contributed by atoms with Gasteiger partial charge in [-0.25, -0.2) is 11.1 Å². The largest absolute Gasteiger partial charge is 0.348 e. The molecule has 0 aromatic heterocycles. The predicted octanol–water partition coefficient (Wildman–Crippen LogP) is 7.49. The van der Waals surface area contributed by atoms with E-state index in [1.165, 1.54) is 0 Å². The third-order valence-electron chi connectivity index (χ3n) is 8.68. The first kappa shape index (κ1) is 31.0. The lowest BCUT2D eigenvalue weighted by Crippen LogP contribution is -2.55. The fourth-order valence-corrected chi connectivity index (χ4v) is 6.90. The summed E-state index contributed by atoms with van der Waals surface area (Å²) in [6, 6.07) is 4.99. The summed E-state index contributed by atoms with van der Waals surface area (Å²) in [5.74, 6) is 0.179. The molecular weight excluding hydrogens is 561 g/mol. The van der Waals surface area contributed by atoms with E-state index in [1.54, 1.807) is 18.2 Å². The number of hydrogen-bond donors (Lipinski definition) is 3. The molecule has 0 bridgehead atoms. The molecule has 9 nitrogen and oxygen atoms in total. The summed E-state index contributed by atoms with van der Waals surface area (Å²) >= 11 is 12.6. The van der Waals surface area contributed by atoms with Crippen molar-refractivity contribution in [1.82, 2.24) is 10.2 Å². The number of benzene rings is 1. The molecule has 4 rings (SSSR count). The van der Waals surface area contributed by atoms with E-state index >= 15 is 0 Å². The Labute approximate surface area is 251 Å². The van der Waals surface area contributed by atoms with Gasteiger partial charge >= 0.3 is 0 Å². The fraction of sp³-hybridized carbons (Fsp3) is 0.567. The second kappa shape index (κ2) is 12.5. The molecular formula is C30H39Cl2N7O2. The number of rotatable bonds is 9. The number of halogens is 2. The van der Waals surface area contributed by atoms with Crippen molar-refractivity contribution in [3.8, 4) is 0 Å². The predicted molar refractivity (Wildman–Crippen MR) is 161 cm³/mol. The number of nitrogens with zero attached hydrogens (tertiary/aromatic N) is 4. The third kappa shape index (κ3) is 6.61. The van der Waals surface area contributed by atoms with Crippen molar-refractivity contribution in [2.45, 2.75) is 90.5 Å². The molecule has 1 aliphatic heterocycles. The minimum absolute atomic E-state index is 0.00528. The zero-order chi connectivity index (χ0) is 29.9. The molecule has 220 valence electrons.